The van der Waals surface area contributed by atoms with Crippen molar-refractivity contribution in [1.29, 1.82) is 0 Å². The quantitative estimate of drug-likeness (QED) is 0.611. The van der Waals surface area contributed by atoms with Gasteiger partial charge in [-0.25, -0.2) is 8.91 Å². The normalized spacial score (nSPS) is 11.4. The average molecular weight is 339 g/mol. The van der Waals surface area contributed by atoms with Crippen LogP contribution in [0.3, 0.4) is 0 Å². The molecule has 4 rings (SSSR count). The van der Waals surface area contributed by atoms with Crippen molar-refractivity contribution in [2.45, 2.75) is 13.0 Å². The van der Waals surface area contributed by atoms with Crippen molar-refractivity contribution in [2.75, 3.05) is 6.61 Å². The fourth-order valence-corrected chi connectivity index (χ4v) is 2.78. The maximum absolute atomic E-state index is 13.1. The second kappa shape index (κ2) is 6.06. The van der Waals surface area contributed by atoms with Gasteiger partial charge in [0.1, 0.15) is 11.3 Å². The van der Waals surface area contributed by atoms with Gasteiger partial charge in [-0.3, -0.25) is 4.79 Å². The van der Waals surface area contributed by atoms with E-state index in [1.807, 2.05) is 0 Å². The zero-order valence-corrected chi connectivity index (χ0v) is 13.1. The summed E-state index contributed by atoms with van der Waals surface area (Å²) in [5, 5.41) is 21.4. The molecule has 126 valence electrons. The first kappa shape index (κ1) is 15.4. The summed E-state index contributed by atoms with van der Waals surface area (Å²) in [5.74, 6) is -0.319. The second-order valence-corrected chi connectivity index (χ2v) is 5.63. The van der Waals surface area contributed by atoms with Gasteiger partial charge in [0.25, 0.3) is 5.56 Å². The van der Waals surface area contributed by atoms with Gasteiger partial charge >= 0.3 is 0 Å². The van der Waals surface area contributed by atoms with Crippen LogP contribution in [0.25, 0.3) is 27.8 Å². The molecule has 0 amide bonds. The Kier molecular flexibility index (Phi) is 3.73. The third-order valence-corrected chi connectivity index (χ3v) is 4.05. The minimum Gasteiger partial charge on any atom is -0.396 e. The number of halogens is 1. The number of nitrogens with zero attached hydrogens (tertiary/aromatic N) is 5. The Morgan fingerprint density at radius 2 is 1.92 bits per heavy atom. The molecule has 1 N–H and O–H groups in total. The van der Waals surface area contributed by atoms with E-state index >= 15 is 0 Å². The molecule has 25 heavy (non-hydrogen) atoms. The molecule has 0 aliphatic heterocycles. The van der Waals surface area contributed by atoms with E-state index in [1.54, 1.807) is 35.1 Å². The molecule has 0 saturated heterocycles. The number of aryl methyl sites for hydroxylation is 1. The average Bonchev–Trinajstić information content (AvgIpc) is 3.06. The van der Waals surface area contributed by atoms with Crippen LogP contribution < -0.4 is 5.56 Å². The van der Waals surface area contributed by atoms with Crippen molar-refractivity contribution in [3.8, 4) is 11.1 Å². The van der Waals surface area contributed by atoms with Crippen LogP contribution in [0.1, 0.15) is 6.42 Å². The lowest BCUT2D eigenvalue weighted by Crippen LogP contribution is -2.22. The van der Waals surface area contributed by atoms with Crippen LogP contribution in [0.5, 0.6) is 0 Å². The van der Waals surface area contributed by atoms with E-state index in [0.29, 0.717) is 29.7 Å². The number of fused-ring (bicyclic) bond motifs is 3. The highest BCUT2D eigenvalue weighted by Gasteiger charge is 2.14. The first-order valence-corrected chi connectivity index (χ1v) is 7.79. The highest BCUT2D eigenvalue weighted by Crippen LogP contribution is 2.24. The van der Waals surface area contributed by atoms with Crippen molar-refractivity contribution in [2.24, 2.45) is 0 Å². The standard InChI is InChI=1S/C17H14FN5O2/c18-12-4-2-11(3-5-12)13-10-19-23-14-6-8-22(7-1-9-24)17(25)15(14)20-21-16(13)23/h2-6,8,10,24H,1,7,9H2. The summed E-state index contributed by atoms with van der Waals surface area (Å²) in [5.41, 5.74) is 2.44. The molecule has 3 heterocycles. The van der Waals surface area contributed by atoms with Gasteiger partial charge in [0.05, 0.1) is 6.20 Å². The predicted molar refractivity (Wildman–Crippen MR) is 89.6 cm³/mol. The topological polar surface area (TPSA) is 85.3 Å². The monoisotopic (exact) mass is 339 g/mol. The number of hydrogen-bond acceptors (Lipinski definition) is 5. The van der Waals surface area contributed by atoms with Crippen LogP contribution in [-0.4, -0.2) is 36.1 Å². The van der Waals surface area contributed by atoms with E-state index in [1.165, 1.54) is 16.7 Å². The molecule has 0 radical (unpaired) electrons. The molecule has 0 unspecified atom stereocenters. The molecular formula is C17H14FN5O2. The Balaban J connectivity index is 1.89. The highest BCUT2D eigenvalue weighted by molar-refractivity contribution is 5.82. The van der Waals surface area contributed by atoms with E-state index in [9.17, 15) is 9.18 Å². The summed E-state index contributed by atoms with van der Waals surface area (Å²) in [4.78, 5) is 12.5. The maximum Gasteiger partial charge on any atom is 0.280 e. The molecule has 8 heteroatoms. The van der Waals surface area contributed by atoms with Gasteiger partial charge in [0.2, 0.25) is 0 Å². The third-order valence-electron chi connectivity index (χ3n) is 4.05. The maximum atomic E-state index is 13.1. The number of benzene rings is 1. The summed E-state index contributed by atoms with van der Waals surface area (Å²) in [6.07, 6.45) is 3.76. The second-order valence-electron chi connectivity index (χ2n) is 5.63. The first-order valence-electron chi connectivity index (χ1n) is 7.79. The van der Waals surface area contributed by atoms with Gasteiger partial charge in [0, 0.05) is 24.9 Å². The van der Waals surface area contributed by atoms with Gasteiger partial charge in [-0.2, -0.15) is 5.10 Å². The van der Waals surface area contributed by atoms with Crippen molar-refractivity contribution >= 4 is 16.7 Å². The summed E-state index contributed by atoms with van der Waals surface area (Å²) in [6.45, 7) is 0.417. The van der Waals surface area contributed by atoms with Crippen LogP contribution in [0.2, 0.25) is 0 Å². The molecule has 3 aromatic heterocycles. The van der Waals surface area contributed by atoms with Crippen molar-refractivity contribution in [3.05, 3.63) is 58.9 Å². The van der Waals surface area contributed by atoms with Crippen LogP contribution in [0.15, 0.2) is 47.5 Å². The lowest BCUT2D eigenvalue weighted by molar-refractivity contribution is 0.279. The van der Waals surface area contributed by atoms with Crippen molar-refractivity contribution in [3.63, 3.8) is 0 Å². The molecule has 0 saturated carbocycles. The Hall–Kier alpha value is -3.13. The zero-order valence-electron chi connectivity index (χ0n) is 13.1. The van der Waals surface area contributed by atoms with Gasteiger partial charge in [0.15, 0.2) is 11.2 Å². The summed E-state index contributed by atoms with van der Waals surface area (Å²) < 4.78 is 16.2. The van der Waals surface area contributed by atoms with E-state index in [2.05, 4.69) is 15.3 Å². The number of hydrogen-bond donors (Lipinski definition) is 1. The summed E-state index contributed by atoms with van der Waals surface area (Å²) in [6, 6.07) is 7.77. The number of aliphatic hydroxyl groups is 1. The SMILES string of the molecule is O=c1c2nnc3c(-c4ccc(F)cc4)cnn3c2ccn1CCCO. The van der Waals surface area contributed by atoms with Gasteiger partial charge in [-0.05, 0) is 30.2 Å². The minimum atomic E-state index is -0.319. The van der Waals surface area contributed by atoms with E-state index in [-0.39, 0.29) is 23.5 Å². The van der Waals surface area contributed by atoms with Gasteiger partial charge < -0.3 is 9.67 Å². The Morgan fingerprint density at radius 3 is 2.68 bits per heavy atom. The first-order chi connectivity index (χ1) is 12.2. The fraction of sp³-hybridized carbons (Fsp3) is 0.176. The highest BCUT2D eigenvalue weighted by atomic mass is 19.1. The molecule has 0 aliphatic rings. The molecule has 0 aliphatic carbocycles. The number of pyridine rings is 1. The third kappa shape index (κ3) is 2.56. The zero-order chi connectivity index (χ0) is 17.4. The lowest BCUT2D eigenvalue weighted by atomic mass is 10.1. The Morgan fingerprint density at radius 1 is 1.12 bits per heavy atom. The molecule has 0 bridgehead atoms. The van der Waals surface area contributed by atoms with Crippen LogP contribution >= 0.6 is 0 Å². The Bertz CT molecular complexity index is 1120. The minimum absolute atomic E-state index is 0.00930. The fourth-order valence-electron chi connectivity index (χ4n) is 2.78. The van der Waals surface area contributed by atoms with Crippen molar-refractivity contribution in [1.82, 2.24) is 24.4 Å². The smallest absolute Gasteiger partial charge is 0.280 e. The predicted octanol–water partition coefficient (Wildman–Crippen LogP) is 1.63. The number of aromatic nitrogens is 5. The van der Waals surface area contributed by atoms with E-state index < -0.39 is 0 Å². The number of rotatable bonds is 4. The molecule has 4 aromatic rings. The molecule has 1 aromatic carbocycles. The molecular weight excluding hydrogens is 325 g/mol. The summed E-state index contributed by atoms with van der Waals surface area (Å²) in [7, 11) is 0. The van der Waals surface area contributed by atoms with Gasteiger partial charge in [-0.1, -0.05) is 12.1 Å². The van der Waals surface area contributed by atoms with Crippen LogP contribution in [-0.2, 0) is 6.54 Å². The van der Waals surface area contributed by atoms with Crippen LogP contribution in [0, 0.1) is 5.82 Å². The molecule has 7 nitrogen and oxygen atoms in total. The van der Waals surface area contributed by atoms with Crippen molar-refractivity contribution < 1.29 is 9.50 Å². The van der Waals surface area contributed by atoms with E-state index in [0.717, 1.165) is 5.56 Å². The van der Waals surface area contributed by atoms with Gasteiger partial charge in [-0.15, -0.1) is 10.2 Å². The Labute approximate surface area is 141 Å². The van der Waals surface area contributed by atoms with Crippen LogP contribution in [0.4, 0.5) is 4.39 Å². The van der Waals surface area contributed by atoms with E-state index in [4.69, 9.17) is 5.11 Å². The largest absolute Gasteiger partial charge is 0.396 e. The lowest BCUT2D eigenvalue weighted by Gasteiger charge is -2.06. The summed E-state index contributed by atoms with van der Waals surface area (Å²) >= 11 is 0. The molecule has 0 fully saturated rings. The number of aliphatic hydroxyl groups excluding tert-OH is 1. The molecule has 0 spiro atoms. The molecule has 0 atom stereocenters.